The van der Waals surface area contributed by atoms with E-state index in [9.17, 15) is 14.0 Å². The highest BCUT2D eigenvalue weighted by Gasteiger charge is 2.03. The second-order valence-corrected chi connectivity index (χ2v) is 4.98. The first kappa shape index (κ1) is 17.1. The van der Waals surface area contributed by atoms with Gasteiger partial charge in [-0.1, -0.05) is 24.6 Å². The van der Waals surface area contributed by atoms with Crippen molar-refractivity contribution in [2.24, 2.45) is 0 Å². The van der Waals surface area contributed by atoms with Crippen molar-refractivity contribution in [3.63, 3.8) is 0 Å². The van der Waals surface area contributed by atoms with Gasteiger partial charge in [0.1, 0.15) is 5.82 Å². The molecular formula is C16H23FN2O2. The van der Waals surface area contributed by atoms with E-state index in [1.165, 1.54) is 13.0 Å². The van der Waals surface area contributed by atoms with E-state index in [-0.39, 0.29) is 17.6 Å². The minimum absolute atomic E-state index is 0.00846. The molecule has 0 saturated heterocycles. The van der Waals surface area contributed by atoms with Crippen LogP contribution >= 0.6 is 0 Å². The summed E-state index contributed by atoms with van der Waals surface area (Å²) in [4.78, 5) is 22.2. The van der Waals surface area contributed by atoms with E-state index in [1.807, 2.05) is 0 Å². The van der Waals surface area contributed by atoms with Crippen LogP contribution in [0.5, 0.6) is 0 Å². The SMILES string of the molecule is CC(=O)NCCCCCC(=O)NCCc1ccccc1F. The van der Waals surface area contributed by atoms with Crippen LogP contribution in [0.2, 0.25) is 0 Å². The molecule has 2 N–H and O–H groups in total. The molecule has 0 fully saturated rings. The highest BCUT2D eigenvalue weighted by atomic mass is 19.1. The van der Waals surface area contributed by atoms with Gasteiger partial charge < -0.3 is 10.6 Å². The Balaban J connectivity index is 2.04. The Hall–Kier alpha value is -1.91. The van der Waals surface area contributed by atoms with E-state index >= 15 is 0 Å². The molecule has 0 aliphatic rings. The lowest BCUT2D eigenvalue weighted by Gasteiger charge is -2.06. The minimum atomic E-state index is -0.232. The molecule has 0 aliphatic carbocycles. The van der Waals surface area contributed by atoms with E-state index in [1.54, 1.807) is 18.2 Å². The molecule has 0 aromatic heterocycles. The number of unbranched alkanes of at least 4 members (excludes halogenated alkanes) is 2. The number of carbonyl (C=O) groups excluding carboxylic acids is 2. The Labute approximate surface area is 125 Å². The number of hydrogen-bond acceptors (Lipinski definition) is 2. The van der Waals surface area contributed by atoms with Crippen LogP contribution in [-0.4, -0.2) is 24.9 Å². The van der Waals surface area contributed by atoms with Gasteiger partial charge in [0.2, 0.25) is 11.8 Å². The Bertz CT molecular complexity index is 463. The summed E-state index contributed by atoms with van der Waals surface area (Å²) in [5.74, 6) is -0.267. The first-order valence-electron chi connectivity index (χ1n) is 7.34. The fraction of sp³-hybridized carbons (Fsp3) is 0.500. The topological polar surface area (TPSA) is 58.2 Å². The van der Waals surface area contributed by atoms with E-state index in [2.05, 4.69) is 10.6 Å². The lowest BCUT2D eigenvalue weighted by molar-refractivity contribution is -0.121. The summed E-state index contributed by atoms with van der Waals surface area (Å²) in [7, 11) is 0. The van der Waals surface area contributed by atoms with Gasteiger partial charge in [0, 0.05) is 26.4 Å². The van der Waals surface area contributed by atoms with Crippen LogP contribution in [0.25, 0.3) is 0 Å². The number of hydrogen-bond donors (Lipinski definition) is 2. The van der Waals surface area contributed by atoms with Gasteiger partial charge in [-0.3, -0.25) is 9.59 Å². The average molecular weight is 294 g/mol. The fourth-order valence-electron chi connectivity index (χ4n) is 1.98. The summed E-state index contributed by atoms with van der Waals surface area (Å²) >= 11 is 0. The molecule has 5 heteroatoms. The predicted octanol–water partition coefficient (Wildman–Crippen LogP) is 2.18. The van der Waals surface area contributed by atoms with Gasteiger partial charge >= 0.3 is 0 Å². The molecule has 0 saturated carbocycles. The second kappa shape index (κ2) is 9.91. The Morgan fingerprint density at radius 3 is 2.52 bits per heavy atom. The van der Waals surface area contributed by atoms with Gasteiger partial charge in [-0.05, 0) is 30.9 Å². The van der Waals surface area contributed by atoms with E-state index in [4.69, 9.17) is 0 Å². The number of rotatable bonds is 9. The van der Waals surface area contributed by atoms with Gasteiger partial charge in [0.15, 0.2) is 0 Å². The van der Waals surface area contributed by atoms with Gasteiger partial charge in [0.05, 0.1) is 0 Å². The van der Waals surface area contributed by atoms with Crippen LogP contribution in [0.3, 0.4) is 0 Å². The molecule has 4 nitrogen and oxygen atoms in total. The maximum Gasteiger partial charge on any atom is 0.220 e. The quantitative estimate of drug-likeness (QED) is 0.686. The van der Waals surface area contributed by atoms with Crippen LogP contribution in [0.15, 0.2) is 24.3 Å². The standard InChI is InChI=1S/C16H23FN2O2/c1-13(20)18-11-6-2-3-9-16(21)19-12-10-14-7-4-5-8-15(14)17/h4-5,7-8H,2-3,6,9-12H2,1H3,(H,18,20)(H,19,21). The molecule has 116 valence electrons. The van der Waals surface area contributed by atoms with Crippen molar-refractivity contribution in [1.29, 1.82) is 0 Å². The molecule has 2 amide bonds. The Kier molecular flexibility index (Phi) is 8.09. The van der Waals surface area contributed by atoms with Crippen molar-refractivity contribution < 1.29 is 14.0 Å². The zero-order chi connectivity index (χ0) is 15.5. The van der Waals surface area contributed by atoms with E-state index < -0.39 is 0 Å². The Morgan fingerprint density at radius 1 is 1.05 bits per heavy atom. The first-order chi connectivity index (χ1) is 10.1. The summed E-state index contributed by atoms with van der Waals surface area (Å²) in [5.41, 5.74) is 0.619. The van der Waals surface area contributed by atoms with Crippen LogP contribution in [0, 0.1) is 5.82 Å². The number of halogens is 1. The van der Waals surface area contributed by atoms with Crippen molar-refractivity contribution in [1.82, 2.24) is 10.6 Å². The maximum absolute atomic E-state index is 13.3. The lowest BCUT2D eigenvalue weighted by Crippen LogP contribution is -2.25. The molecule has 1 aromatic carbocycles. The van der Waals surface area contributed by atoms with Crippen molar-refractivity contribution in [2.45, 2.75) is 39.0 Å². The fourth-order valence-corrected chi connectivity index (χ4v) is 1.98. The minimum Gasteiger partial charge on any atom is -0.356 e. The van der Waals surface area contributed by atoms with Crippen LogP contribution in [-0.2, 0) is 16.0 Å². The lowest BCUT2D eigenvalue weighted by atomic mass is 10.1. The first-order valence-corrected chi connectivity index (χ1v) is 7.34. The van der Waals surface area contributed by atoms with Crippen LogP contribution in [0.4, 0.5) is 4.39 Å². The average Bonchev–Trinajstić information content (AvgIpc) is 2.44. The van der Waals surface area contributed by atoms with Crippen LogP contribution in [0.1, 0.15) is 38.2 Å². The number of benzene rings is 1. The predicted molar refractivity (Wildman–Crippen MR) is 80.3 cm³/mol. The summed E-state index contributed by atoms with van der Waals surface area (Å²) in [6, 6.07) is 6.59. The molecule has 0 heterocycles. The molecule has 0 aliphatic heterocycles. The van der Waals surface area contributed by atoms with Crippen molar-refractivity contribution >= 4 is 11.8 Å². The highest BCUT2D eigenvalue weighted by molar-refractivity contribution is 5.75. The molecule has 0 atom stereocenters. The number of nitrogens with one attached hydrogen (secondary N) is 2. The zero-order valence-electron chi connectivity index (χ0n) is 12.5. The van der Waals surface area contributed by atoms with Gasteiger partial charge in [-0.15, -0.1) is 0 Å². The third-order valence-electron chi connectivity index (χ3n) is 3.13. The summed E-state index contributed by atoms with van der Waals surface area (Å²) in [6.45, 7) is 2.60. The summed E-state index contributed by atoms with van der Waals surface area (Å²) in [6.07, 6.45) is 3.55. The van der Waals surface area contributed by atoms with E-state index in [0.717, 1.165) is 19.3 Å². The van der Waals surface area contributed by atoms with Crippen molar-refractivity contribution in [3.8, 4) is 0 Å². The van der Waals surface area contributed by atoms with Gasteiger partial charge in [-0.25, -0.2) is 4.39 Å². The monoisotopic (exact) mass is 294 g/mol. The van der Waals surface area contributed by atoms with E-state index in [0.29, 0.717) is 31.5 Å². The van der Waals surface area contributed by atoms with Crippen molar-refractivity contribution in [2.75, 3.05) is 13.1 Å². The van der Waals surface area contributed by atoms with Crippen molar-refractivity contribution in [3.05, 3.63) is 35.6 Å². The zero-order valence-corrected chi connectivity index (χ0v) is 12.5. The molecule has 1 rings (SSSR count). The molecular weight excluding hydrogens is 271 g/mol. The molecule has 0 radical (unpaired) electrons. The smallest absolute Gasteiger partial charge is 0.220 e. The summed E-state index contributed by atoms with van der Waals surface area (Å²) in [5, 5.41) is 5.51. The normalized spacial score (nSPS) is 10.2. The molecule has 21 heavy (non-hydrogen) atoms. The van der Waals surface area contributed by atoms with Crippen LogP contribution < -0.4 is 10.6 Å². The second-order valence-electron chi connectivity index (χ2n) is 4.98. The molecule has 0 spiro atoms. The third-order valence-corrected chi connectivity index (χ3v) is 3.13. The molecule has 1 aromatic rings. The molecule has 0 unspecified atom stereocenters. The van der Waals surface area contributed by atoms with Gasteiger partial charge in [-0.2, -0.15) is 0 Å². The Morgan fingerprint density at radius 2 is 1.81 bits per heavy atom. The number of carbonyl (C=O) groups is 2. The molecule has 0 bridgehead atoms. The number of amides is 2. The largest absolute Gasteiger partial charge is 0.356 e. The summed E-state index contributed by atoms with van der Waals surface area (Å²) < 4.78 is 13.3. The van der Waals surface area contributed by atoms with Gasteiger partial charge in [0.25, 0.3) is 0 Å². The highest BCUT2D eigenvalue weighted by Crippen LogP contribution is 2.06. The third kappa shape index (κ3) is 8.07. The maximum atomic E-state index is 13.3.